The zero-order valence-electron chi connectivity index (χ0n) is 12.7. The molecule has 1 atom stereocenters. The largest absolute Gasteiger partial charge is 0.480 e. The smallest absolute Gasteiger partial charge is 0.325 e. The summed E-state index contributed by atoms with van der Waals surface area (Å²) in [7, 11) is 0. The van der Waals surface area contributed by atoms with E-state index in [1.807, 2.05) is 41.3 Å². The molecule has 5 nitrogen and oxygen atoms in total. The van der Waals surface area contributed by atoms with E-state index in [4.69, 9.17) is 4.74 Å². The van der Waals surface area contributed by atoms with E-state index in [1.54, 1.807) is 0 Å². The third-order valence-corrected chi connectivity index (χ3v) is 4.95. The molecule has 1 aromatic carbocycles. The van der Waals surface area contributed by atoms with Gasteiger partial charge in [-0.2, -0.15) is 0 Å². The molecule has 120 valence electrons. The molecule has 1 N–H and O–H groups in total. The quantitative estimate of drug-likeness (QED) is 0.873. The summed E-state index contributed by atoms with van der Waals surface area (Å²) < 4.78 is 5.14. The van der Waals surface area contributed by atoms with Crippen molar-refractivity contribution in [2.45, 2.75) is 25.9 Å². The third-order valence-electron chi connectivity index (χ3n) is 3.83. The first kappa shape index (κ1) is 15.7. The number of esters is 1. The molecule has 0 amide bonds. The van der Waals surface area contributed by atoms with Crippen LogP contribution in [0.25, 0.3) is 0 Å². The van der Waals surface area contributed by atoms with Gasteiger partial charge in [0.1, 0.15) is 6.04 Å². The lowest BCUT2D eigenvalue weighted by molar-refractivity contribution is -0.144. The predicted octanol–water partition coefficient (Wildman–Crippen LogP) is 2.86. The van der Waals surface area contributed by atoms with Gasteiger partial charge in [-0.1, -0.05) is 30.3 Å². The van der Waals surface area contributed by atoms with Crippen LogP contribution in [0, 0.1) is 0 Å². The Labute approximate surface area is 138 Å². The molecule has 6 heteroatoms. The lowest BCUT2D eigenvalue weighted by Crippen LogP contribution is -2.37. The van der Waals surface area contributed by atoms with Crippen molar-refractivity contribution in [3.05, 3.63) is 52.4 Å². The molecular weight excluding hydrogens is 314 g/mol. The average molecular weight is 331 g/mol. The van der Waals surface area contributed by atoms with E-state index < -0.39 is 12.0 Å². The first-order chi connectivity index (χ1) is 11.0. The van der Waals surface area contributed by atoms with Gasteiger partial charge in [0.05, 0.1) is 0 Å². The topological polar surface area (TPSA) is 66.8 Å². The number of fused-ring (bicyclic) bond motifs is 1. The number of nitrogens with zero attached hydrogens (tertiary/aromatic N) is 1. The van der Waals surface area contributed by atoms with Crippen molar-refractivity contribution in [2.24, 2.45) is 0 Å². The summed E-state index contributed by atoms with van der Waals surface area (Å²) >= 11 is 1.46. The number of carboxylic acid groups (broad SMARTS) is 1. The van der Waals surface area contributed by atoms with Gasteiger partial charge in [-0.05, 0) is 23.6 Å². The van der Waals surface area contributed by atoms with E-state index in [0.717, 1.165) is 22.4 Å². The van der Waals surface area contributed by atoms with Crippen LogP contribution in [-0.2, 0) is 22.6 Å². The standard InChI is InChI=1S/C17H17NO4S/c1-11(19)22-15-9-13-10-18(8-7-14(13)23-15)16(17(20)21)12-5-3-2-4-6-12/h2-6,9,16H,7-8,10H2,1H3,(H,20,21). The molecule has 0 radical (unpaired) electrons. The van der Waals surface area contributed by atoms with Crippen LogP contribution in [0.3, 0.4) is 0 Å². The first-order valence-corrected chi connectivity index (χ1v) is 8.18. The molecule has 23 heavy (non-hydrogen) atoms. The molecular formula is C17H17NO4S. The Morgan fingerprint density at radius 1 is 1.30 bits per heavy atom. The van der Waals surface area contributed by atoms with E-state index in [0.29, 0.717) is 18.2 Å². The number of hydrogen-bond acceptors (Lipinski definition) is 5. The Hall–Kier alpha value is -2.18. The lowest BCUT2D eigenvalue weighted by atomic mass is 10.0. The summed E-state index contributed by atoms with van der Waals surface area (Å²) in [6, 6.07) is 10.4. The lowest BCUT2D eigenvalue weighted by Gasteiger charge is -2.32. The molecule has 1 unspecified atom stereocenters. The number of thiophene rings is 1. The molecule has 0 bridgehead atoms. The van der Waals surface area contributed by atoms with Crippen LogP contribution in [0.2, 0.25) is 0 Å². The number of carbonyl (C=O) groups excluding carboxylic acids is 1. The Morgan fingerprint density at radius 2 is 2.04 bits per heavy atom. The van der Waals surface area contributed by atoms with Gasteiger partial charge in [0, 0.05) is 24.9 Å². The van der Waals surface area contributed by atoms with Crippen molar-refractivity contribution < 1.29 is 19.4 Å². The van der Waals surface area contributed by atoms with E-state index in [2.05, 4.69) is 0 Å². The Morgan fingerprint density at radius 3 is 2.70 bits per heavy atom. The Bertz CT molecular complexity index is 725. The van der Waals surface area contributed by atoms with Crippen molar-refractivity contribution in [3.8, 4) is 5.06 Å². The summed E-state index contributed by atoms with van der Waals surface area (Å²) in [6.07, 6.45) is 0.762. The molecule has 2 aromatic rings. The van der Waals surface area contributed by atoms with Crippen LogP contribution in [0.15, 0.2) is 36.4 Å². The molecule has 0 saturated heterocycles. The van der Waals surface area contributed by atoms with Gasteiger partial charge in [-0.15, -0.1) is 11.3 Å². The second-order valence-corrected chi connectivity index (χ2v) is 6.58. The maximum atomic E-state index is 11.8. The van der Waals surface area contributed by atoms with Crippen LogP contribution in [-0.4, -0.2) is 28.5 Å². The van der Waals surface area contributed by atoms with Gasteiger partial charge >= 0.3 is 11.9 Å². The molecule has 2 heterocycles. The van der Waals surface area contributed by atoms with E-state index in [-0.39, 0.29) is 5.97 Å². The monoisotopic (exact) mass is 331 g/mol. The highest BCUT2D eigenvalue weighted by molar-refractivity contribution is 7.14. The van der Waals surface area contributed by atoms with E-state index >= 15 is 0 Å². The minimum Gasteiger partial charge on any atom is -0.480 e. The van der Waals surface area contributed by atoms with E-state index in [9.17, 15) is 14.7 Å². The molecule has 0 fully saturated rings. The van der Waals surface area contributed by atoms with Crippen molar-refractivity contribution in [1.29, 1.82) is 0 Å². The number of aliphatic carboxylic acids is 1. The van der Waals surface area contributed by atoms with Crippen molar-refractivity contribution >= 4 is 23.3 Å². The fourth-order valence-corrected chi connectivity index (χ4v) is 3.94. The summed E-state index contributed by atoms with van der Waals surface area (Å²) in [5.74, 6) is -1.19. The Balaban J connectivity index is 1.83. The van der Waals surface area contributed by atoms with Crippen LogP contribution in [0.5, 0.6) is 5.06 Å². The predicted molar refractivity (Wildman–Crippen MR) is 86.6 cm³/mol. The molecule has 1 aromatic heterocycles. The second-order valence-electron chi connectivity index (χ2n) is 5.48. The van der Waals surface area contributed by atoms with Gasteiger partial charge < -0.3 is 9.84 Å². The summed E-state index contributed by atoms with van der Waals surface area (Å²) in [4.78, 5) is 25.9. The molecule has 0 saturated carbocycles. The van der Waals surface area contributed by atoms with Gasteiger partial charge in [0.2, 0.25) is 0 Å². The fraction of sp³-hybridized carbons (Fsp3) is 0.294. The minimum atomic E-state index is -0.852. The second kappa shape index (κ2) is 6.52. The van der Waals surface area contributed by atoms with Crippen molar-refractivity contribution in [2.75, 3.05) is 6.54 Å². The van der Waals surface area contributed by atoms with Crippen molar-refractivity contribution in [3.63, 3.8) is 0 Å². The fourth-order valence-electron chi connectivity index (χ4n) is 2.88. The summed E-state index contributed by atoms with van der Waals surface area (Å²) in [5.41, 5.74) is 1.82. The minimum absolute atomic E-state index is 0.340. The van der Waals surface area contributed by atoms with Crippen LogP contribution in [0.1, 0.15) is 29.0 Å². The molecule has 0 aliphatic carbocycles. The summed E-state index contributed by atoms with van der Waals surface area (Å²) in [6.45, 7) is 2.58. The van der Waals surface area contributed by atoms with Crippen LogP contribution >= 0.6 is 11.3 Å². The SMILES string of the molecule is CC(=O)Oc1cc2c(s1)CCN(C(C(=O)O)c1ccccc1)C2. The van der Waals surface area contributed by atoms with Crippen LogP contribution < -0.4 is 4.74 Å². The third kappa shape index (κ3) is 3.43. The number of ether oxygens (including phenoxy) is 1. The normalized spacial score (nSPS) is 15.7. The number of carbonyl (C=O) groups is 2. The molecule has 1 aliphatic rings. The number of carboxylic acids is 1. The van der Waals surface area contributed by atoms with E-state index in [1.165, 1.54) is 18.3 Å². The first-order valence-electron chi connectivity index (χ1n) is 7.36. The highest BCUT2D eigenvalue weighted by atomic mass is 32.1. The maximum absolute atomic E-state index is 11.8. The van der Waals surface area contributed by atoms with Gasteiger partial charge in [-0.3, -0.25) is 14.5 Å². The van der Waals surface area contributed by atoms with Crippen molar-refractivity contribution in [1.82, 2.24) is 4.90 Å². The highest BCUT2D eigenvalue weighted by Gasteiger charge is 2.31. The Kier molecular flexibility index (Phi) is 4.45. The summed E-state index contributed by atoms with van der Waals surface area (Å²) in [5, 5.41) is 10.2. The van der Waals surface area contributed by atoms with Gasteiger partial charge in [-0.25, -0.2) is 0 Å². The highest BCUT2D eigenvalue weighted by Crippen LogP contribution is 2.36. The van der Waals surface area contributed by atoms with Crippen LogP contribution in [0.4, 0.5) is 0 Å². The number of hydrogen-bond donors (Lipinski definition) is 1. The average Bonchev–Trinajstić information content (AvgIpc) is 2.88. The molecule has 3 rings (SSSR count). The zero-order chi connectivity index (χ0) is 16.4. The van der Waals surface area contributed by atoms with Gasteiger partial charge in [0.15, 0.2) is 5.06 Å². The zero-order valence-corrected chi connectivity index (χ0v) is 13.5. The van der Waals surface area contributed by atoms with Gasteiger partial charge in [0.25, 0.3) is 0 Å². The maximum Gasteiger partial charge on any atom is 0.325 e. The molecule has 1 aliphatic heterocycles. The number of benzene rings is 1. The number of rotatable bonds is 4. The molecule has 0 spiro atoms.